The molecule has 1 aromatic heterocycles. The van der Waals surface area contributed by atoms with Crippen LogP contribution in [0.25, 0.3) is 10.9 Å². The average Bonchev–Trinajstić information content (AvgIpc) is 2.81. The summed E-state index contributed by atoms with van der Waals surface area (Å²) in [5, 5.41) is 4.10. The van der Waals surface area contributed by atoms with E-state index in [1.54, 1.807) is 0 Å². The van der Waals surface area contributed by atoms with Crippen LogP contribution in [0.1, 0.15) is 42.6 Å². The van der Waals surface area contributed by atoms with E-state index in [0.717, 1.165) is 30.4 Å². The van der Waals surface area contributed by atoms with Gasteiger partial charge in [0.15, 0.2) is 0 Å². The third-order valence-electron chi connectivity index (χ3n) is 4.41. The highest BCUT2D eigenvalue weighted by molar-refractivity contribution is 5.97. The summed E-state index contributed by atoms with van der Waals surface area (Å²) in [4.78, 5) is 17.9. The summed E-state index contributed by atoms with van der Waals surface area (Å²) >= 11 is 0. The summed E-state index contributed by atoms with van der Waals surface area (Å²) in [6.45, 7) is 4.27. The van der Waals surface area contributed by atoms with Crippen molar-refractivity contribution in [3.63, 3.8) is 0 Å². The Bertz CT molecular complexity index is 579. The Morgan fingerprint density at radius 1 is 1.14 bits per heavy atom. The van der Waals surface area contributed by atoms with E-state index in [1.165, 1.54) is 38.8 Å². The fraction of sp³-hybridized carbons (Fsp3) is 0.500. The molecule has 4 nitrogen and oxygen atoms in total. The highest BCUT2D eigenvalue weighted by Gasteiger charge is 2.10. The van der Waals surface area contributed by atoms with Gasteiger partial charge in [-0.25, -0.2) is 0 Å². The molecule has 1 aliphatic heterocycles. The van der Waals surface area contributed by atoms with Crippen LogP contribution in [0.3, 0.4) is 0 Å². The van der Waals surface area contributed by atoms with Crippen LogP contribution in [0.2, 0.25) is 0 Å². The average molecular weight is 299 g/mol. The number of carbonyl (C=O) groups is 1. The highest BCUT2D eigenvalue weighted by atomic mass is 16.1. The maximum Gasteiger partial charge on any atom is 0.267 e. The number of fused-ring (bicyclic) bond motifs is 1. The van der Waals surface area contributed by atoms with E-state index in [0.29, 0.717) is 5.69 Å². The number of hydrogen-bond donors (Lipinski definition) is 2. The lowest BCUT2D eigenvalue weighted by Gasteiger charge is -2.19. The Kier molecular flexibility index (Phi) is 5.11. The monoisotopic (exact) mass is 299 g/mol. The minimum absolute atomic E-state index is 0.00735. The summed E-state index contributed by atoms with van der Waals surface area (Å²) in [5.74, 6) is -0.00735. The van der Waals surface area contributed by atoms with E-state index in [2.05, 4.69) is 15.2 Å². The topological polar surface area (TPSA) is 48.1 Å². The number of nitrogens with zero attached hydrogens (tertiary/aromatic N) is 1. The molecule has 22 heavy (non-hydrogen) atoms. The van der Waals surface area contributed by atoms with E-state index in [1.807, 2.05) is 30.3 Å². The number of rotatable bonds is 5. The highest BCUT2D eigenvalue weighted by Crippen LogP contribution is 2.14. The van der Waals surface area contributed by atoms with Crippen molar-refractivity contribution in [3.05, 3.63) is 36.0 Å². The summed E-state index contributed by atoms with van der Waals surface area (Å²) in [6, 6.07) is 9.88. The Balaban J connectivity index is 1.44. The van der Waals surface area contributed by atoms with E-state index in [4.69, 9.17) is 0 Å². The van der Waals surface area contributed by atoms with Crippen molar-refractivity contribution < 1.29 is 4.79 Å². The predicted molar refractivity (Wildman–Crippen MR) is 90.2 cm³/mol. The van der Waals surface area contributed by atoms with Crippen LogP contribution in [0.15, 0.2) is 30.3 Å². The van der Waals surface area contributed by atoms with Gasteiger partial charge in [-0.15, -0.1) is 0 Å². The number of H-pyrrole nitrogens is 1. The molecule has 0 unspecified atom stereocenters. The SMILES string of the molecule is O=C(NCCCN1CCCCCC1)c1cc2ccccc2[nH]1. The third kappa shape index (κ3) is 3.89. The number of hydrogen-bond acceptors (Lipinski definition) is 2. The van der Waals surface area contributed by atoms with Gasteiger partial charge in [0.25, 0.3) is 5.91 Å². The van der Waals surface area contributed by atoms with E-state index >= 15 is 0 Å². The first-order chi connectivity index (χ1) is 10.8. The first-order valence-electron chi connectivity index (χ1n) is 8.41. The standard InChI is InChI=1S/C18H25N3O/c22-18(17-14-15-8-3-4-9-16(15)20-17)19-10-7-13-21-11-5-1-2-6-12-21/h3-4,8-9,14,20H,1-2,5-7,10-13H2,(H,19,22). The minimum Gasteiger partial charge on any atom is -0.351 e. The van der Waals surface area contributed by atoms with Crippen molar-refractivity contribution in [1.82, 2.24) is 15.2 Å². The van der Waals surface area contributed by atoms with E-state index in [9.17, 15) is 4.79 Å². The van der Waals surface area contributed by atoms with Gasteiger partial charge < -0.3 is 15.2 Å². The molecule has 0 bridgehead atoms. The number of carbonyl (C=O) groups excluding carboxylic acids is 1. The summed E-state index contributed by atoms with van der Waals surface area (Å²) in [5.41, 5.74) is 1.66. The number of benzene rings is 1. The van der Waals surface area contributed by atoms with Crippen LogP contribution < -0.4 is 5.32 Å². The normalized spacial score (nSPS) is 16.5. The Morgan fingerprint density at radius 3 is 2.68 bits per heavy atom. The molecule has 3 rings (SSSR count). The summed E-state index contributed by atoms with van der Waals surface area (Å²) in [6.07, 6.45) is 6.40. The molecular formula is C18H25N3O. The number of likely N-dealkylation sites (tertiary alicyclic amines) is 1. The zero-order valence-electron chi connectivity index (χ0n) is 13.1. The molecule has 1 fully saturated rings. The van der Waals surface area contributed by atoms with Crippen molar-refractivity contribution in [2.75, 3.05) is 26.2 Å². The summed E-state index contributed by atoms with van der Waals surface area (Å²) in [7, 11) is 0. The third-order valence-corrected chi connectivity index (χ3v) is 4.41. The molecule has 0 spiro atoms. The molecule has 1 aromatic carbocycles. The van der Waals surface area contributed by atoms with E-state index in [-0.39, 0.29) is 5.91 Å². The second-order valence-corrected chi connectivity index (χ2v) is 6.14. The predicted octanol–water partition coefficient (Wildman–Crippen LogP) is 3.16. The lowest BCUT2D eigenvalue weighted by atomic mass is 10.2. The van der Waals surface area contributed by atoms with Crippen molar-refractivity contribution in [1.29, 1.82) is 0 Å². The number of nitrogens with one attached hydrogen (secondary N) is 2. The van der Waals surface area contributed by atoms with Gasteiger partial charge >= 0.3 is 0 Å². The number of aromatic nitrogens is 1. The second kappa shape index (κ2) is 7.45. The van der Waals surface area contributed by atoms with Crippen LogP contribution >= 0.6 is 0 Å². The molecule has 0 radical (unpaired) electrons. The molecule has 0 saturated carbocycles. The number of para-hydroxylation sites is 1. The van der Waals surface area contributed by atoms with Gasteiger partial charge in [-0.2, -0.15) is 0 Å². The van der Waals surface area contributed by atoms with Gasteiger partial charge in [0, 0.05) is 17.4 Å². The Labute approximate surface area is 131 Å². The zero-order valence-corrected chi connectivity index (χ0v) is 13.1. The number of aromatic amines is 1. The van der Waals surface area contributed by atoms with E-state index < -0.39 is 0 Å². The lowest BCUT2D eigenvalue weighted by Crippen LogP contribution is -2.30. The molecular weight excluding hydrogens is 274 g/mol. The quantitative estimate of drug-likeness (QED) is 0.833. The fourth-order valence-corrected chi connectivity index (χ4v) is 3.16. The first-order valence-corrected chi connectivity index (χ1v) is 8.41. The van der Waals surface area contributed by atoms with Gasteiger partial charge in [-0.05, 0) is 51.0 Å². The molecule has 2 heterocycles. The molecule has 0 atom stereocenters. The van der Waals surface area contributed by atoms with Gasteiger partial charge in [-0.1, -0.05) is 31.0 Å². The molecule has 2 aromatic rings. The van der Waals surface area contributed by atoms with Crippen molar-refractivity contribution in [2.24, 2.45) is 0 Å². The van der Waals surface area contributed by atoms with Crippen LogP contribution in [-0.4, -0.2) is 42.0 Å². The second-order valence-electron chi connectivity index (χ2n) is 6.14. The molecule has 1 saturated heterocycles. The molecule has 1 amide bonds. The molecule has 4 heteroatoms. The lowest BCUT2D eigenvalue weighted by molar-refractivity contribution is 0.0947. The maximum atomic E-state index is 12.2. The Morgan fingerprint density at radius 2 is 1.91 bits per heavy atom. The van der Waals surface area contributed by atoms with Crippen LogP contribution in [0.5, 0.6) is 0 Å². The van der Waals surface area contributed by atoms with Crippen molar-refractivity contribution in [3.8, 4) is 0 Å². The van der Waals surface area contributed by atoms with Gasteiger partial charge in [0.05, 0.1) is 0 Å². The van der Waals surface area contributed by atoms with Crippen molar-refractivity contribution >= 4 is 16.8 Å². The van der Waals surface area contributed by atoms with Crippen LogP contribution in [0.4, 0.5) is 0 Å². The maximum absolute atomic E-state index is 12.2. The van der Waals surface area contributed by atoms with Crippen LogP contribution in [0, 0.1) is 0 Å². The largest absolute Gasteiger partial charge is 0.351 e. The van der Waals surface area contributed by atoms with Crippen molar-refractivity contribution in [2.45, 2.75) is 32.1 Å². The minimum atomic E-state index is -0.00735. The molecule has 0 aliphatic carbocycles. The van der Waals surface area contributed by atoms with Gasteiger partial charge in [-0.3, -0.25) is 4.79 Å². The molecule has 1 aliphatic rings. The number of amides is 1. The Hall–Kier alpha value is -1.81. The molecule has 118 valence electrons. The summed E-state index contributed by atoms with van der Waals surface area (Å²) < 4.78 is 0. The smallest absolute Gasteiger partial charge is 0.267 e. The van der Waals surface area contributed by atoms with Gasteiger partial charge in [0.2, 0.25) is 0 Å². The fourth-order valence-electron chi connectivity index (χ4n) is 3.16. The molecule has 2 N–H and O–H groups in total. The van der Waals surface area contributed by atoms with Gasteiger partial charge in [0.1, 0.15) is 5.69 Å². The van der Waals surface area contributed by atoms with Crippen LogP contribution in [-0.2, 0) is 0 Å². The first kappa shape index (κ1) is 15.1. The zero-order chi connectivity index (χ0) is 15.2.